The van der Waals surface area contributed by atoms with Crippen molar-refractivity contribution >= 4 is 5.91 Å². The monoisotopic (exact) mass is 342 g/mol. The molecule has 3 rings (SSSR count). The molecular formula is C19H26N4O2. The highest BCUT2D eigenvalue weighted by Gasteiger charge is 2.19. The summed E-state index contributed by atoms with van der Waals surface area (Å²) in [5, 5.41) is 4.22. The molecule has 1 aliphatic rings. The van der Waals surface area contributed by atoms with Crippen LogP contribution in [0.4, 0.5) is 0 Å². The van der Waals surface area contributed by atoms with E-state index >= 15 is 0 Å². The molecule has 1 aliphatic heterocycles. The summed E-state index contributed by atoms with van der Waals surface area (Å²) in [6.45, 7) is 4.97. The van der Waals surface area contributed by atoms with Crippen molar-refractivity contribution < 1.29 is 9.53 Å². The van der Waals surface area contributed by atoms with Crippen molar-refractivity contribution in [3.63, 3.8) is 0 Å². The Balaban J connectivity index is 1.41. The van der Waals surface area contributed by atoms with Gasteiger partial charge in [0.05, 0.1) is 12.8 Å². The fourth-order valence-electron chi connectivity index (χ4n) is 3.11. The van der Waals surface area contributed by atoms with Crippen LogP contribution in [0, 0.1) is 0 Å². The number of carbonyl (C=O) groups excluding carboxylic acids is 1. The fraction of sp³-hybridized carbons (Fsp3) is 0.474. The van der Waals surface area contributed by atoms with E-state index in [1.807, 2.05) is 59.4 Å². The van der Waals surface area contributed by atoms with Gasteiger partial charge in [0.2, 0.25) is 5.91 Å². The maximum atomic E-state index is 12.4. The molecule has 0 unspecified atom stereocenters. The predicted octanol–water partition coefficient (Wildman–Crippen LogP) is 1.67. The molecule has 0 saturated carbocycles. The van der Waals surface area contributed by atoms with Crippen molar-refractivity contribution in [3.05, 3.63) is 53.9 Å². The molecular weight excluding hydrogens is 316 g/mol. The minimum atomic E-state index is 0.0826. The van der Waals surface area contributed by atoms with E-state index < -0.39 is 0 Å². The summed E-state index contributed by atoms with van der Waals surface area (Å²) in [6, 6.07) is 9.95. The van der Waals surface area contributed by atoms with Gasteiger partial charge >= 0.3 is 0 Å². The van der Waals surface area contributed by atoms with Crippen LogP contribution < -0.4 is 0 Å². The van der Waals surface area contributed by atoms with Gasteiger partial charge in [-0.2, -0.15) is 5.10 Å². The number of nitrogens with zero attached hydrogens (tertiary/aromatic N) is 4. The fourth-order valence-corrected chi connectivity index (χ4v) is 3.11. The molecule has 1 fully saturated rings. The number of aromatic nitrogens is 2. The zero-order chi connectivity index (χ0) is 17.5. The van der Waals surface area contributed by atoms with E-state index in [0.29, 0.717) is 6.61 Å². The van der Waals surface area contributed by atoms with E-state index in [0.717, 1.165) is 44.7 Å². The molecule has 134 valence electrons. The summed E-state index contributed by atoms with van der Waals surface area (Å²) < 4.78 is 7.41. The van der Waals surface area contributed by atoms with Crippen molar-refractivity contribution in [3.8, 4) is 0 Å². The van der Waals surface area contributed by atoms with Gasteiger partial charge in [0.1, 0.15) is 6.61 Å². The first-order chi connectivity index (χ1) is 12.2. The lowest BCUT2D eigenvalue weighted by Crippen LogP contribution is -2.37. The highest BCUT2D eigenvalue weighted by molar-refractivity contribution is 5.77. The third kappa shape index (κ3) is 5.41. The highest BCUT2D eigenvalue weighted by atomic mass is 16.5. The van der Waals surface area contributed by atoms with E-state index in [-0.39, 0.29) is 12.5 Å². The van der Waals surface area contributed by atoms with Gasteiger partial charge < -0.3 is 9.64 Å². The molecule has 1 aromatic carbocycles. The van der Waals surface area contributed by atoms with Crippen LogP contribution in [-0.2, 0) is 29.7 Å². The first-order valence-corrected chi connectivity index (χ1v) is 8.80. The highest BCUT2D eigenvalue weighted by Crippen LogP contribution is 2.09. The molecule has 25 heavy (non-hydrogen) atoms. The number of rotatable bonds is 6. The number of aryl methyl sites for hydroxylation is 1. The maximum absolute atomic E-state index is 12.4. The van der Waals surface area contributed by atoms with Crippen LogP contribution in [0.5, 0.6) is 0 Å². The van der Waals surface area contributed by atoms with Crippen LogP contribution in [0.25, 0.3) is 0 Å². The minimum Gasteiger partial charge on any atom is -0.367 e. The zero-order valence-corrected chi connectivity index (χ0v) is 14.8. The van der Waals surface area contributed by atoms with Gasteiger partial charge in [-0.1, -0.05) is 30.3 Å². The molecule has 0 N–H and O–H groups in total. The zero-order valence-electron chi connectivity index (χ0n) is 14.8. The first kappa shape index (κ1) is 17.6. The summed E-state index contributed by atoms with van der Waals surface area (Å²) in [5.74, 6) is 0.0826. The predicted molar refractivity (Wildman–Crippen MR) is 95.8 cm³/mol. The molecule has 0 bridgehead atoms. The van der Waals surface area contributed by atoms with Crippen LogP contribution in [-0.4, -0.2) is 58.3 Å². The van der Waals surface area contributed by atoms with Gasteiger partial charge in [-0.05, 0) is 12.0 Å². The van der Waals surface area contributed by atoms with Crippen molar-refractivity contribution in [2.75, 3.05) is 32.8 Å². The van der Waals surface area contributed by atoms with Crippen molar-refractivity contribution in [1.82, 2.24) is 19.6 Å². The topological polar surface area (TPSA) is 50.6 Å². The van der Waals surface area contributed by atoms with E-state index in [1.54, 1.807) is 0 Å². The van der Waals surface area contributed by atoms with Gasteiger partial charge in [0.15, 0.2) is 0 Å². The normalized spacial score (nSPS) is 16.0. The summed E-state index contributed by atoms with van der Waals surface area (Å²) in [5.41, 5.74) is 2.31. The first-order valence-electron chi connectivity index (χ1n) is 8.80. The molecule has 2 heterocycles. The number of benzene rings is 1. The van der Waals surface area contributed by atoms with Gasteiger partial charge in [0, 0.05) is 51.5 Å². The Labute approximate surface area is 149 Å². The second-order valence-electron chi connectivity index (χ2n) is 6.51. The smallest absolute Gasteiger partial charge is 0.248 e. The quantitative estimate of drug-likeness (QED) is 0.801. The lowest BCUT2D eigenvalue weighted by molar-refractivity contribution is -0.136. The summed E-state index contributed by atoms with van der Waals surface area (Å²) >= 11 is 0. The Kier molecular flexibility index (Phi) is 6.19. The Hall–Kier alpha value is -2.18. The second kappa shape index (κ2) is 8.78. The summed E-state index contributed by atoms with van der Waals surface area (Å²) in [7, 11) is 1.93. The Morgan fingerprint density at radius 3 is 2.72 bits per heavy atom. The average Bonchev–Trinajstić information content (AvgIpc) is 2.89. The molecule has 6 nitrogen and oxygen atoms in total. The van der Waals surface area contributed by atoms with Crippen molar-refractivity contribution in [2.45, 2.75) is 19.6 Å². The molecule has 6 heteroatoms. The summed E-state index contributed by atoms with van der Waals surface area (Å²) in [4.78, 5) is 16.7. The van der Waals surface area contributed by atoms with Crippen molar-refractivity contribution in [2.24, 2.45) is 7.05 Å². The Bertz CT molecular complexity index is 671. The van der Waals surface area contributed by atoms with Gasteiger partial charge in [-0.15, -0.1) is 0 Å². The van der Waals surface area contributed by atoms with Crippen LogP contribution >= 0.6 is 0 Å². The standard InChI is InChI=1S/C19H26N4O2/c1-21-13-18(12-20-21)14-22-8-5-9-23(11-10-22)19(24)16-25-15-17-6-3-2-4-7-17/h2-4,6-7,12-13H,5,8-11,14-16H2,1H3. The largest absolute Gasteiger partial charge is 0.367 e. The third-order valence-corrected chi connectivity index (χ3v) is 4.44. The third-order valence-electron chi connectivity index (χ3n) is 4.44. The number of hydrogen-bond acceptors (Lipinski definition) is 4. The van der Waals surface area contributed by atoms with Gasteiger partial charge in [-0.3, -0.25) is 14.4 Å². The van der Waals surface area contributed by atoms with Crippen LogP contribution in [0.3, 0.4) is 0 Å². The Morgan fingerprint density at radius 1 is 1.12 bits per heavy atom. The lowest BCUT2D eigenvalue weighted by Gasteiger charge is -2.21. The lowest BCUT2D eigenvalue weighted by atomic mass is 10.2. The SMILES string of the molecule is Cn1cc(CN2CCCN(C(=O)COCc3ccccc3)CC2)cn1. The maximum Gasteiger partial charge on any atom is 0.248 e. The second-order valence-corrected chi connectivity index (χ2v) is 6.51. The number of carbonyl (C=O) groups is 1. The van der Waals surface area contributed by atoms with Crippen molar-refractivity contribution in [1.29, 1.82) is 0 Å². The van der Waals surface area contributed by atoms with E-state index in [2.05, 4.69) is 10.00 Å². The molecule has 2 aromatic rings. The van der Waals surface area contributed by atoms with Gasteiger partial charge in [0.25, 0.3) is 0 Å². The summed E-state index contributed by atoms with van der Waals surface area (Å²) in [6.07, 6.45) is 4.95. The number of hydrogen-bond donors (Lipinski definition) is 0. The van der Waals surface area contributed by atoms with Gasteiger partial charge in [-0.25, -0.2) is 0 Å². The molecule has 0 radical (unpaired) electrons. The molecule has 1 amide bonds. The van der Waals surface area contributed by atoms with E-state index in [1.165, 1.54) is 5.56 Å². The average molecular weight is 342 g/mol. The number of amides is 1. The molecule has 1 aromatic heterocycles. The number of ether oxygens (including phenoxy) is 1. The molecule has 0 aliphatic carbocycles. The van der Waals surface area contributed by atoms with Crippen LogP contribution in [0.1, 0.15) is 17.5 Å². The molecule has 0 spiro atoms. The molecule has 0 atom stereocenters. The van der Waals surface area contributed by atoms with Crippen LogP contribution in [0.2, 0.25) is 0 Å². The van der Waals surface area contributed by atoms with E-state index in [4.69, 9.17) is 4.74 Å². The van der Waals surface area contributed by atoms with Crippen LogP contribution in [0.15, 0.2) is 42.7 Å². The molecule has 1 saturated heterocycles. The minimum absolute atomic E-state index is 0.0826. The van der Waals surface area contributed by atoms with E-state index in [9.17, 15) is 4.79 Å². The Morgan fingerprint density at radius 2 is 1.96 bits per heavy atom.